The molecule has 1 aliphatic carbocycles. The summed E-state index contributed by atoms with van der Waals surface area (Å²) in [4.78, 5) is 0. The fourth-order valence-corrected chi connectivity index (χ4v) is 9.43. The van der Waals surface area contributed by atoms with E-state index in [1.807, 2.05) is 0 Å². The second kappa shape index (κ2) is 11.3. The zero-order valence-corrected chi connectivity index (χ0v) is 19.2. The number of nitriles is 1. The quantitative estimate of drug-likeness (QED) is 0.319. The van der Waals surface area contributed by atoms with Gasteiger partial charge in [0.15, 0.2) is 0 Å². The molecule has 1 aromatic rings. The third-order valence-electron chi connectivity index (χ3n) is 7.69. The van der Waals surface area contributed by atoms with Crippen molar-refractivity contribution in [3.8, 4) is 6.07 Å². The molecule has 2 aliphatic rings. The molecule has 1 nitrogen and oxygen atoms in total. The van der Waals surface area contributed by atoms with E-state index in [1.165, 1.54) is 63.5 Å². The molecule has 2 fully saturated rings. The van der Waals surface area contributed by atoms with Crippen LogP contribution in [0.1, 0.15) is 82.3 Å². The number of hydrogen-bond donors (Lipinski definition) is 0. The van der Waals surface area contributed by atoms with Crippen LogP contribution < -0.4 is 0 Å². The number of benzene rings is 1. The summed E-state index contributed by atoms with van der Waals surface area (Å²) < 4.78 is 27.4. The topological polar surface area (TPSA) is 23.8 Å². The van der Waals surface area contributed by atoms with E-state index in [2.05, 4.69) is 6.92 Å². The zero-order chi connectivity index (χ0) is 20.6. The highest BCUT2D eigenvalue weighted by molar-refractivity contribution is 6.58. The number of hydrogen-bond acceptors (Lipinski definition) is 1. The lowest BCUT2D eigenvalue weighted by Crippen LogP contribution is -2.28. The summed E-state index contributed by atoms with van der Waals surface area (Å²) in [6.45, 7) is 2.35. The van der Waals surface area contributed by atoms with Crippen LogP contribution in [0.4, 0.5) is 8.78 Å². The monoisotopic (exact) mass is 417 g/mol. The number of nitrogens with zero attached hydrogens (tertiary/aromatic N) is 1. The zero-order valence-electron chi connectivity index (χ0n) is 18.1. The molecule has 0 bridgehead atoms. The first kappa shape index (κ1) is 22.5. The van der Waals surface area contributed by atoms with Crippen LogP contribution in [0.3, 0.4) is 0 Å². The van der Waals surface area contributed by atoms with Crippen molar-refractivity contribution in [3.63, 3.8) is 0 Å². The number of unbranched alkanes of at least 4 members (excludes halogenated alkanes) is 1. The van der Waals surface area contributed by atoms with E-state index < -0.39 is 17.2 Å². The Hall–Kier alpha value is -1.21. The maximum Gasteiger partial charge on any atom is 0.144 e. The first-order valence-electron chi connectivity index (χ1n) is 12.0. The van der Waals surface area contributed by atoms with Gasteiger partial charge in [-0.1, -0.05) is 70.0 Å². The third kappa shape index (κ3) is 6.38. The van der Waals surface area contributed by atoms with Gasteiger partial charge in [0.2, 0.25) is 0 Å². The minimum absolute atomic E-state index is 0.351. The smallest absolute Gasteiger partial charge is 0.144 e. The van der Waals surface area contributed by atoms with Crippen molar-refractivity contribution >= 4 is 8.80 Å². The largest absolute Gasteiger partial charge is 0.205 e. The second-order valence-corrected chi connectivity index (χ2v) is 13.1. The summed E-state index contributed by atoms with van der Waals surface area (Å²) >= 11 is 0. The van der Waals surface area contributed by atoms with E-state index in [4.69, 9.17) is 5.26 Å². The fraction of sp³-hybridized carbons (Fsp3) is 0.720. The van der Waals surface area contributed by atoms with Gasteiger partial charge in [-0.15, -0.1) is 0 Å². The van der Waals surface area contributed by atoms with Crippen LogP contribution in [0.15, 0.2) is 12.1 Å². The van der Waals surface area contributed by atoms with Crippen molar-refractivity contribution in [2.45, 2.75) is 95.7 Å². The molecular weight excluding hydrogens is 380 g/mol. The molecule has 29 heavy (non-hydrogen) atoms. The minimum atomic E-state index is -0.729. The third-order valence-corrected chi connectivity index (χ3v) is 11.4. The van der Waals surface area contributed by atoms with E-state index >= 15 is 0 Å². The molecule has 3 rings (SSSR count). The molecule has 1 heterocycles. The van der Waals surface area contributed by atoms with Crippen LogP contribution in [0.5, 0.6) is 0 Å². The lowest BCUT2D eigenvalue weighted by Gasteiger charge is -2.37. The highest BCUT2D eigenvalue weighted by Crippen LogP contribution is 2.42. The predicted molar refractivity (Wildman–Crippen MR) is 119 cm³/mol. The van der Waals surface area contributed by atoms with E-state index in [-0.39, 0.29) is 8.80 Å². The Morgan fingerprint density at radius 1 is 0.966 bits per heavy atom. The molecule has 0 N–H and O–H groups in total. The summed E-state index contributed by atoms with van der Waals surface area (Å²) in [6.07, 6.45) is 14.2. The van der Waals surface area contributed by atoms with E-state index in [0.717, 1.165) is 30.6 Å². The van der Waals surface area contributed by atoms with Gasteiger partial charge in [-0.3, -0.25) is 0 Å². The van der Waals surface area contributed by atoms with Crippen LogP contribution in [0.2, 0.25) is 18.1 Å². The predicted octanol–water partition coefficient (Wildman–Crippen LogP) is 7.40. The maximum absolute atomic E-state index is 13.7. The van der Waals surface area contributed by atoms with Crippen LogP contribution in [-0.4, -0.2) is 8.80 Å². The van der Waals surface area contributed by atoms with Gasteiger partial charge >= 0.3 is 0 Å². The Balaban J connectivity index is 1.32. The molecule has 0 amide bonds. The Kier molecular flexibility index (Phi) is 8.72. The van der Waals surface area contributed by atoms with Gasteiger partial charge in [0.05, 0.1) is 0 Å². The Bertz CT molecular complexity index is 660. The van der Waals surface area contributed by atoms with Crippen molar-refractivity contribution in [2.75, 3.05) is 0 Å². The van der Waals surface area contributed by atoms with Crippen LogP contribution in [0, 0.1) is 40.7 Å². The second-order valence-electron chi connectivity index (χ2n) is 9.64. The first-order chi connectivity index (χ1) is 14.1. The molecule has 0 spiro atoms. The van der Waals surface area contributed by atoms with Gasteiger partial charge in [0.1, 0.15) is 23.3 Å². The number of rotatable bonds is 8. The molecule has 1 saturated carbocycles. The molecule has 1 saturated heterocycles. The van der Waals surface area contributed by atoms with E-state index in [1.54, 1.807) is 24.2 Å². The standard InChI is InChI=1S/C25H37F2NSi/c1-2-13-29-14-11-22(12-15-29)21-9-7-19(8-10-21)5-3-4-6-20-16-24(26)23(18-28)25(27)17-20/h16-17,19,21-22,29H,2-15H2,1H3/t19-,21-,22-,29-. The Labute approximate surface area is 177 Å². The van der Waals surface area contributed by atoms with Crippen molar-refractivity contribution in [3.05, 3.63) is 34.9 Å². The van der Waals surface area contributed by atoms with Gasteiger partial charge in [-0.05, 0) is 61.1 Å². The SMILES string of the molecule is CCC[Si@H]1CC[C@H]([C@H]2CC[C@H](CCCCc3cc(F)c(C#N)c(F)c3)CC2)CC1. The molecule has 0 radical (unpaired) electrons. The molecule has 0 unspecified atom stereocenters. The molecule has 160 valence electrons. The van der Waals surface area contributed by atoms with Gasteiger partial charge in [-0.25, -0.2) is 8.78 Å². The summed E-state index contributed by atoms with van der Waals surface area (Å²) in [5.41, 5.74) is 0.205. The minimum Gasteiger partial charge on any atom is -0.205 e. The fourth-order valence-electron chi connectivity index (χ4n) is 5.94. The van der Waals surface area contributed by atoms with E-state index in [0.29, 0.717) is 12.0 Å². The summed E-state index contributed by atoms with van der Waals surface area (Å²) in [5.74, 6) is 1.41. The van der Waals surface area contributed by atoms with Crippen LogP contribution >= 0.6 is 0 Å². The van der Waals surface area contributed by atoms with Crippen molar-refractivity contribution in [1.29, 1.82) is 5.26 Å². The Morgan fingerprint density at radius 2 is 1.59 bits per heavy atom. The van der Waals surface area contributed by atoms with Crippen molar-refractivity contribution in [2.24, 2.45) is 17.8 Å². The van der Waals surface area contributed by atoms with Crippen LogP contribution in [0.25, 0.3) is 0 Å². The maximum atomic E-state index is 13.7. The molecule has 4 heteroatoms. The van der Waals surface area contributed by atoms with Gasteiger partial charge in [0.25, 0.3) is 0 Å². The number of aryl methyl sites for hydroxylation is 1. The molecule has 0 atom stereocenters. The molecular formula is C25H37F2NSi. The highest BCUT2D eigenvalue weighted by atomic mass is 28.3. The lowest BCUT2D eigenvalue weighted by molar-refractivity contribution is 0.184. The van der Waals surface area contributed by atoms with Gasteiger partial charge in [0, 0.05) is 8.80 Å². The van der Waals surface area contributed by atoms with Crippen LogP contribution in [-0.2, 0) is 6.42 Å². The molecule has 0 aromatic heterocycles. The first-order valence-corrected chi connectivity index (χ1v) is 14.4. The van der Waals surface area contributed by atoms with Crippen molar-refractivity contribution in [1.82, 2.24) is 0 Å². The summed E-state index contributed by atoms with van der Waals surface area (Å²) in [6, 6.07) is 9.02. The van der Waals surface area contributed by atoms with E-state index in [9.17, 15) is 8.78 Å². The average molecular weight is 418 g/mol. The van der Waals surface area contributed by atoms with Gasteiger partial charge < -0.3 is 0 Å². The normalized spacial score (nSPS) is 27.5. The highest BCUT2D eigenvalue weighted by Gasteiger charge is 2.30. The molecule has 1 aliphatic heterocycles. The van der Waals surface area contributed by atoms with Gasteiger partial charge in [-0.2, -0.15) is 5.26 Å². The number of halogens is 2. The average Bonchev–Trinajstić information content (AvgIpc) is 2.72. The summed E-state index contributed by atoms with van der Waals surface area (Å²) in [7, 11) is -0.351. The lowest BCUT2D eigenvalue weighted by atomic mass is 9.73. The Morgan fingerprint density at radius 3 is 2.17 bits per heavy atom. The summed E-state index contributed by atoms with van der Waals surface area (Å²) in [5, 5.41) is 8.76. The molecule has 1 aromatic carbocycles. The van der Waals surface area contributed by atoms with Crippen molar-refractivity contribution < 1.29 is 8.78 Å².